The number of hydrogen-bond acceptors (Lipinski definition) is 18. The van der Waals surface area contributed by atoms with Crippen molar-refractivity contribution in [3.63, 3.8) is 0 Å². The van der Waals surface area contributed by atoms with E-state index >= 15 is 0 Å². The number of aromatic hydroxyl groups is 2. The molecule has 306 valence electrons. The lowest BCUT2D eigenvalue weighted by atomic mass is 9.56. The van der Waals surface area contributed by atoms with Crippen LogP contribution in [0.25, 0.3) is 0 Å². The molecule has 6 N–H and O–H groups in total. The van der Waals surface area contributed by atoms with Crippen molar-refractivity contribution in [2.24, 2.45) is 0 Å². The largest absolute Gasteiger partial charge is 0.507 e. The third-order valence-corrected chi connectivity index (χ3v) is 11.7. The van der Waals surface area contributed by atoms with Gasteiger partial charge in [0, 0.05) is 70.2 Å². The van der Waals surface area contributed by atoms with Crippen molar-refractivity contribution in [3.05, 3.63) is 68.4 Å². The number of carbonyl (C=O) groups excluding carboxylic acids is 5. The number of esters is 1. The summed E-state index contributed by atoms with van der Waals surface area (Å²) in [6.45, 7) is 5.68. The molecular formula is C39H44N2O16. The molecule has 2 aliphatic heterocycles. The number of aliphatic hydroxyl groups excluding tert-OH is 2. The standard InChI is InChI=1S/C39H44N2O16/c1-16-12-18-13-23(43)39(54-5)35(49)26-20(34(48)38(39,51)27(18)30(46)24(16)37(50)56-11-8-41-6-9-55-10-7-41)14-19-25(29(26)45)22(42)15-21(28(19)44)40-36-33(53-4)31(47)32(52-3)17(2)57-36/h12,14-15,17,23,31-33,36,40,43,45-47,51H,6-11,13H2,1-5H3/t17-,23+,31+,32-,33+,36?,38-,39+/m0/s1. The number of Topliss-reactive ketones (excluding diaryl/α,β-unsaturated/α-hetero) is 3. The molecule has 18 heteroatoms. The summed E-state index contributed by atoms with van der Waals surface area (Å²) < 4.78 is 33.0. The Kier molecular flexibility index (Phi) is 10.6. The van der Waals surface area contributed by atoms with E-state index in [9.17, 15) is 49.5 Å². The number of aryl methyl sites for hydroxylation is 1. The third-order valence-electron chi connectivity index (χ3n) is 11.7. The normalized spacial score (nSPS) is 31.2. The maximum Gasteiger partial charge on any atom is 0.342 e. The number of carbonyl (C=O) groups is 5. The van der Waals surface area contributed by atoms with Crippen LogP contribution in [0.5, 0.6) is 11.5 Å². The molecular weight excluding hydrogens is 752 g/mol. The average molecular weight is 797 g/mol. The second kappa shape index (κ2) is 14.9. The van der Waals surface area contributed by atoms with Crippen LogP contribution in [0.4, 0.5) is 0 Å². The minimum atomic E-state index is -3.26. The second-order valence-electron chi connectivity index (χ2n) is 14.7. The summed E-state index contributed by atoms with van der Waals surface area (Å²) in [6.07, 6.45) is -6.61. The van der Waals surface area contributed by atoms with Gasteiger partial charge in [0.25, 0.3) is 0 Å². The van der Waals surface area contributed by atoms with E-state index < -0.39 is 128 Å². The summed E-state index contributed by atoms with van der Waals surface area (Å²) in [7, 11) is 3.60. The van der Waals surface area contributed by atoms with Gasteiger partial charge < -0.3 is 59.3 Å². The van der Waals surface area contributed by atoms with Crippen LogP contribution in [0.15, 0.2) is 23.9 Å². The number of allylic oxidation sites excluding steroid dienone is 2. The zero-order chi connectivity index (χ0) is 41.3. The van der Waals surface area contributed by atoms with Gasteiger partial charge in [0.15, 0.2) is 23.2 Å². The first kappa shape index (κ1) is 40.6. The molecule has 2 heterocycles. The Morgan fingerprint density at radius 1 is 0.965 bits per heavy atom. The van der Waals surface area contributed by atoms with Crippen molar-refractivity contribution in [3.8, 4) is 11.5 Å². The van der Waals surface area contributed by atoms with Crippen LogP contribution in [0.1, 0.15) is 75.4 Å². The molecule has 3 aliphatic carbocycles. The fourth-order valence-electron chi connectivity index (χ4n) is 8.91. The van der Waals surface area contributed by atoms with Gasteiger partial charge in [0.1, 0.15) is 42.0 Å². The van der Waals surface area contributed by atoms with Gasteiger partial charge in [-0.25, -0.2) is 4.79 Å². The average Bonchev–Trinajstić information content (AvgIpc) is 3.16. The highest BCUT2D eigenvalue weighted by Gasteiger charge is 2.72. The summed E-state index contributed by atoms with van der Waals surface area (Å²) in [4.78, 5) is 72.7. The Morgan fingerprint density at radius 3 is 2.30 bits per heavy atom. The number of hydrogen-bond donors (Lipinski definition) is 6. The molecule has 0 bridgehead atoms. The third kappa shape index (κ3) is 5.92. The van der Waals surface area contributed by atoms with Crippen molar-refractivity contribution in [1.29, 1.82) is 0 Å². The zero-order valence-electron chi connectivity index (χ0n) is 31.8. The summed E-state index contributed by atoms with van der Waals surface area (Å²) in [5.41, 5.74) is -10.2. The number of methoxy groups -OCH3 is 3. The molecule has 8 atom stereocenters. The highest BCUT2D eigenvalue weighted by molar-refractivity contribution is 6.31. The molecule has 2 aromatic rings. The number of nitrogens with one attached hydrogen (secondary N) is 1. The molecule has 18 nitrogen and oxygen atoms in total. The van der Waals surface area contributed by atoms with Crippen LogP contribution in [0, 0.1) is 6.92 Å². The fraction of sp³-hybridized carbons (Fsp3) is 0.513. The zero-order valence-corrected chi connectivity index (χ0v) is 31.8. The van der Waals surface area contributed by atoms with Crippen LogP contribution < -0.4 is 5.32 Å². The van der Waals surface area contributed by atoms with E-state index in [1.807, 2.05) is 4.90 Å². The highest BCUT2D eigenvalue weighted by Crippen LogP contribution is 2.56. The molecule has 2 saturated heterocycles. The Hall–Kier alpha value is -4.63. The van der Waals surface area contributed by atoms with Crippen molar-refractivity contribution in [2.45, 2.75) is 68.2 Å². The number of benzene rings is 2. The van der Waals surface area contributed by atoms with E-state index in [0.29, 0.717) is 32.8 Å². The quantitative estimate of drug-likeness (QED) is 0.174. The Morgan fingerprint density at radius 2 is 1.65 bits per heavy atom. The van der Waals surface area contributed by atoms with E-state index in [4.69, 9.17) is 28.4 Å². The molecule has 0 amide bonds. The molecule has 0 saturated carbocycles. The first-order valence-electron chi connectivity index (χ1n) is 18.3. The molecule has 57 heavy (non-hydrogen) atoms. The molecule has 5 aliphatic rings. The topological polar surface area (TPSA) is 257 Å². The Bertz CT molecular complexity index is 2090. The predicted molar refractivity (Wildman–Crippen MR) is 192 cm³/mol. The lowest BCUT2D eigenvalue weighted by Gasteiger charge is -2.52. The first-order chi connectivity index (χ1) is 27.1. The molecule has 0 aromatic heterocycles. The molecule has 2 fully saturated rings. The monoisotopic (exact) mass is 796 g/mol. The smallest absolute Gasteiger partial charge is 0.342 e. The summed E-state index contributed by atoms with van der Waals surface area (Å²) in [5, 5.41) is 61.3. The first-order valence-corrected chi connectivity index (χ1v) is 18.3. The van der Waals surface area contributed by atoms with Gasteiger partial charge in [0.2, 0.25) is 17.3 Å². The molecule has 2 aromatic carbocycles. The van der Waals surface area contributed by atoms with Crippen LogP contribution >= 0.6 is 0 Å². The number of phenolic OH excluding ortho intramolecular Hbond substituents is 2. The van der Waals surface area contributed by atoms with Gasteiger partial charge in [-0.15, -0.1) is 0 Å². The van der Waals surface area contributed by atoms with Gasteiger partial charge in [-0.1, -0.05) is 6.07 Å². The Labute approximate surface area is 325 Å². The predicted octanol–water partition coefficient (Wildman–Crippen LogP) is -0.548. The van der Waals surface area contributed by atoms with Crippen molar-refractivity contribution < 1.29 is 77.9 Å². The maximum atomic E-state index is 14.8. The van der Waals surface area contributed by atoms with Gasteiger partial charge in [0.05, 0.1) is 42.2 Å². The summed E-state index contributed by atoms with van der Waals surface area (Å²) in [5.74, 6) is -7.63. The minimum Gasteiger partial charge on any atom is -0.507 e. The maximum absolute atomic E-state index is 14.8. The second-order valence-corrected chi connectivity index (χ2v) is 14.7. The van der Waals surface area contributed by atoms with E-state index in [-0.39, 0.29) is 23.4 Å². The lowest BCUT2D eigenvalue weighted by molar-refractivity contribution is -0.236. The molecule has 1 unspecified atom stereocenters. The number of fused-ring (bicyclic) bond motifs is 5. The van der Waals surface area contributed by atoms with E-state index in [1.54, 1.807) is 6.92 Å². The number of phenols is 2. The van der Waals surface area contributed by atoms with Crippen molar-refractivity contribution in [2.75, 3.05) is 60.8 Å². The van der Waals surface area contributed by atoms with Gasteiger partial charge in [-0.3, -0.25) is 24.1 Å². The molecule has 0 spiro atoms. The molecule has 0 radical (unpaired) electrons. The van der Waals surface area contributed by atoms with Crippen LogP contribution in [-0.4, -0.2) is 163 Å². The van der Waals surface area contributed by atoms with E-state index in [1.165, 1.54) is 27.2 Å². The van der Waals surface area contributed by atoms with Gasteiger partial charge in [-0.2, -0.15) is 0 Å². The Balaban J connectivity index is 1.29. The summed E-state index contributed by atoms with van der Waals surface area (Å²) in [6, 6.07) is 2.22. The van der Waals surface area contributed by atoms with Crippen LogP contribution in [-0.2, 0) is 40.4 Å². The van der Waals surface area contributed by atoms with Crippen molar-refractivity contribution in [1.82, 2.24) is 10.2 Å². The number of nitrogens with zero attached hydrogens (tertiary/aromatic N) is 1. The lowest BCUT2D eigenvalue weighted by Crippen LogP contribution is -2.73. The van der Waals surface area contributed by atoms with Gasteiger partial charge in [-0.05, 0) is 31.0 Å². The minimum absolute atomic E-state index is 0.00250. The number of rotatable bonds is 9. The van der Waals surface area contributed by atoms with Gasteiger partial charge >= 0.3 is 5.97 Å². The van der Waals surface area contributed by atoms with Crippen LogP contribution in [0.3, 0.4) is 0 Å². The van der Waals surface area contributed by atoms with E-state index in [2.05, 4.69) is 5.32 Å². The number of ketones is 4. The summed E-state index contributed by atoms with van der Waals surface area (Å²) >= 11 is 0. The van der Waals surface area contributed by atoms with Crippen LogP contribution in [0.2, 0.25) is 0 Å². The van der Waals surface area contributed by atoms with Crippen molar-refractivity contribution >= 4 is 29.1 Å². The number of morpholine rings is 1. The highest BCUT2D eigenvalue weighted by atomic mass is 16.6. The van der Waals surface area contributed by atoms with E-state index in [0.717, 1.165) is 19.3 Å². The fourth-order valence-corrected chi connectivity index (χ4v) is 8.91. The SMILES string of the molecule is CO[C@@H]1[C@@H](O)[C@@H](OC)C(NC2=CC(=O)c3c(cc4c(c3O)C(=O)[C@]3(OC)[C@H](O)Cc5cc(C)c(C(=O)OCCN6CCOCC6)c(O)c5[C@]3(O)C4=O)C2=O)O[C@H]1C. The number of aliphatic hydroxyl groups is 3. The number of ether oxygens (including phenoxy) is 6. The molecule has 7 rings (SSSR count).